The lowest BCUT2D eigenvalue weighted by atomic mass is 10.1. The van der Waals surface area contributed by atoms with Gasteiger partial charge in [0.25, 0.3) is 0 Å². The third-order valence-electron chi connectivity index (χ3n) is 3.93. The van der Waals surface area contributed by atoms with E-state index in [0.29, 0.717) is 6.04 Å². The van der Waals surface area contributed by atoms with Crippen molar-refractivity contribution in [1.82, 2.24) is 10.6 Å². The summed E-state index contributed by atoms with van der Waals surface area (Å²) in [4.78, 5) is 11.8. The molecule has 1 saturated carbocycles. The smallest absolute Gasteiger partial charge is 0.407 e. The van der Waals surface area contributed by atoms with Gasteiger partial charge in [-0.15, -0.1) is 0 Å². The molecule has 0 aromatic heterocycles. The van der Waals surface area contributed by atoms with Gasteiger partial charge in [0.15, 0.2) is 0 Å². The van der Waals surface area contributed by atoms with Gasteiger partial charge >= 0.3 is 6.09 Å². The van der Waals surface area contributed by atoms with Gasteiger partial charge in [-0.25, -0.2) is 4.79 Å². The first-order chi connectivity index (χ1) is 10.9. The molecule has 1 amide bonds. The van der Waals surface area contributed by atoms with Crippen molar-refractivity contribution >= 4 is 6.09 Å². The molecule has 5 heteroatoms. The number of para-hydroxylation sites is 1. The molecule has 1 aromatic rings. The Bertz CT molecular complexity index is 525. The van der Waals surface area contributed by atoms with Crippen LogP contribution >= 0.6 is 0 Å². The van der Waals surface area contributed by atoms with Crippen LogP contribution in [0.25, 0.3) is 0 Å². The third-order valence-corrected chi connectivity index (χ3v) is 3.93. The minimum atomic E-state index is -0.454. The Kier molecular flexibility index (Phi) is 5.88. The number of ether oxygens (including phenoxy) is 2. The summed E-state index contributed by atoms with van der Waals surface area (Å²) in [5, 5.41) is 6.51. The van der Waals surface area contributed by atoms with Gasteiger partial charge in [0.05, 0.1) is 7.11 Å². The van der Waals surface area contributed by atoms with Crippen LogP contribution in [0.3, 0.4) is 0 Å². The van der Waals surface area contributed by atoms with Gasteiger partial charge in [-0.05, 0) is 46.1 Å². The van der Waals surface area contributed by atoms with E-state index in [2.05, 4.69) is 16.7 Å². The molecule has 2 N–H and O–H groups in total. The van der Waals surface area contributed by atoms with E-state index in [1.165, 1.54) is 0 Å². The Morgan fingerprint density at radius 1 is 1.22 bits per heavy atom. The van der Waals surface area contributed by atoms with Crippen molar-refractivity contribution in [1.29, 1.82) is 0 Å². The lowest BCUT2D eigenvalue weighted by molar-refractivity contribution is 0.0505. The summed E-state index contributed by atoms with van der Waals surface area (Å²) < 4.78 is 10.7. The minimum absolute atomic E-state index is 0.181. The molecule has 23 heavy (non-hydrogen) atoms. The summed E-state index contributed by atoms with van der Waals surface area (Å²) in [5.41, 5.74) is 0.697. The van der Waals surface area contributed by atoms with Crippen LogP contribution in [-0.4, -0.2) is 30.9 Å². The number of rotatable bonds is 5. The molecule has 1 aromatic carbocycles. The average Bonchev–Trinajstić information content (AvgIpc) is 2.90. The Labute approximate surface area is 138 Å². The largest absolute Gasteiger partial charge is 0.496 e. The molecule has 0 aliphatic heterocycles. The molecule has 128 valence electrons. The van der Waals surface area contributed by atoms with Crippen LogP contribution in [0.1, 0.15) is 45.6 Å². The Balaban J connectivity index is 1.76. The predicted molar refractivity (Wildman–Crippen MR) is 90.6 cm³/mol. The summed E-state index contributed by atoms with van der Waals surface area (Å²) in [6, 6.07) is 8.61. The van der Waals surface area contributed by atoms with Crippen molar-refractivity contribution in [2.24, 2.45) is 0 Å². The Morgan fingerprint density at radius 3 is 2.61 bits per heavy atom. The monoisotopic (exact) mass is 320 g/mol. The number of alkyl carbamates (subject to hydrolysis) is 1. The van der Waals surface area contributed by atoms with Crippen LogP contribution in [0.2, 0.25) is 0 Å². The maximum absolute atomic E-state index is 11.8. The Hall–Kier alpha value is -1.75. The quantitative estimate of drug-likeness (QED) is 0.874. The van der Waals surface area contributed by atoms with Gasteiger partial charge in [-0.2, -0.15) is 0 Å². The predicted octanol–water partition coefficient (Wildman–Crippen LogP) is 3.23. The summed E-state index contributed by atoms with van der Waals surface area (Å²) in [6.45, 7) is 6.39. The summed E-state index contributed by atoms with van der Waals surface area (Å²) in [5.74, 6) is 0.904. The van der Waals surface area contributed by atoms with Crippen LogP contribution in [0.5, 0.6) is 5.75 Å². The van der Waals surface area contributed by atoms with E-state index >= 15 is 0 Å². The highest BCUT2D eigenvalue weighted by atomic mass is 16.6. The molecule has 2 unspecified atom stereocenters. The molecule has 0 heterocycles. The van der Waals surface area contributed by atoms with Gasteiger partial charge in [0.1, 0.15) is 11.4 Å². The molecule has 1 aliphatic rings. The van der Waals surface area contributed by atoms with Crippen LogP contribution < -0.4 is 15.4 Å². The Morgan fingerprint density at radius 2 is 1.91 bits per heavy atom. The molecule has 0 spiro atoms. The summed E-state index contributed by atoms with van der Waals surface area (Å²) in [7, 11) is 1.69. The highest BCUT2D eigenvalue weighted by Crippen LogP contribution is 2.22. The van der Waals surface area contributed by atoms with Gasteiger partial charge in [0, 0.05) is 24.2 Å². The van der Waals surface area contributed by atoms with E-state index in [1.54, 1.807) is 7.11 Å². The van der Waals surface area contributed by atoms with Crippen LogP contribution in [0.4, 0.5) is 4.79 Å². The van der Waals surface area contributed by atoms with Crippen LogP contribution in [-0.2, 0) is 11.3 Å². The topological polar surface area (TPSA) is 59.6 Å². The van der Waals surface area contributed by atoms with Crippen molar-refractivity contribution in [2.45, 2.75) is 64.3 Å². The first-order valence-corrected chi connectivity index (χ1v) is 8.22. The molecular formula is C18H28N2O3. The van der Waals surface area contributed by atoms with Crippen LogP contribution in [0.15, 0.2) is 24.3 Å². The molecule has 5 nitrogen and oxygen atoms in total. The fraction of sp³-hybridized carbons (Fsp3) is 0.611. The number of hydrogen-bond acceptors (Lipinski definition) is 4. The molecule has 0 saturated heterocycles. The molecule has 2 rings (SSSR count). The SMILES string of the molecule is COc1ccccc1CNC1CCC(NC(=O)OC(C)(C)C)C1. The van der Waals surface area contributed by atoms with Crippen molar-refractivity contribution in [3.8, 4) is 5.75 Å². The minimum Gasteiger partial charge on any atom is -0.496 e. The van der Waals surface area contributed by atoms with Crippen molar-refractivity contribution in [3.05, 3.63) is 29.8 Å². The molecule has 1 aliphatic carbocycles. The number of methoxy groups -OCH3 is 1. The summed E-state index contributed by atoms with van der Waals surface area (Å²) in [6.07, 6.45) is 2.63. The van der Waals surface area contributed by atoms with E-state index in [4.69, 9.17) is 9.47 Å². The first kappa shape index (κ1) is 17.6. The van der Waals surface area contributed by atoms with Gasteiger partial charge < -0.3 is 20.1 Å². The second kappa shape index (κ2) is 7.68. The number of carbonyl (C=O) groups is 1. The van der Waals surface area contributed by atoms with Gasteiger partial charge in [0.2, 0.25) is 0 Å². The second-order valence-electron chi connectivity index (χ2n) is 7.05. The number of nitrogens with one attached hydrogen (secondary N) is 2. The average molecular weight is 320 g/mol. The highest BCUT2D eigenvalue weighted by Gasteiger charge is 2.27. The van der Waals surface area contributed by atoms with Gasteiger partial charge in [-0.1, -0.05) is 18.2 Å². The summed E-state index contributed by atoms with van der Waals surface area (Å²) >= 11 is 0. The van der Waals surface area contributed by atoms with Crippen molar-refractivity contribution in [3.63, 3.8) is 0 Å². The molecule has 0 radical (unpaired) electrons. The van der Waals surface area contributed by atoms with E-state index in [-0.39, 0.29) is 12.1 Å². The molecule has 0 bridgehead atoms. The van der Waals surface area contributed by atoms with Crippen molar-refractivity contribution in [2.75, 3.05) is 7.11 Å². The number of amides is 1. The van der Waals surface area contributed by atoms with E-state index < -0.39 is 5.60 Å². The standard InChI is InChI=1S/C18H28N2O3/c1-18(2,3)23-17(21)20-15-10-9-14(11-15)19-12-13-7-5-6-8-16(13)22-4/h5-8,14-15,19H,9-12H2,1-4H3,(H,20,21). The maximum Gasteiger partial charge on any atom is 0.407 e. The third kappa shape index (κ3) is 5.75. The zero-order chi connectivity index (χ0) is 16.9. The van der Waals surface area contributed by atoms with Crippen molar-refractivity contribution < 1.29 is 14.3 Å². The lowest BCUT2D eigenvalue weighted by Crippen LogP contribution is -2.38. The van der Waals surface area contributed by atoms with Gasteiger partial charge in [-0.3, -0.25) is 0 Å². The fourth-order valence-electron chi connectivity index (χ4n) is 2.88. The first-order valence-electron chi connectivity index (χ1n) is 8.22. The zero-order valence-electron chi connectivity index (χ0n) is 14.5. The second-order valence-corrected chi connectivity index (χ2v) is 7.05. The van der Waals surface area contributed by atoms with E-state index in [0.717, 1.165) is 37.1 Å². The zero-order valence-corrected chi connectivity index (χ0v) is 14.5. The number of hydrogen-bond donors (Lipinski definition) is 2. The fourth-order valence-corrected chi connectivity index (χ4v) is 2.88. The molecular weight excluding hydrogens is 292 g/mol. The van der Waals surface area contributed by atoms with Crippen LogP contribution in [0, 0.1) is 0 Å². The normalized spacial score (nSPS) is 21.0. The molecule has 2 atom stereocenters. The van der Waals surface area contributed by atoms with E-state index in [1.807, 2.05) is 39.0 Å². The number of benzene rings is 1. The molecule has 1 fully saturated rings. The maximum atomic E-state index is 11.8. The number of carbonyl (C=O) groups excluding carboxylic acids is 1. The van der Waals surface area contributed by atoms with E-state index in [9.17, 15) is 4.79 Å². The highest BCUT2D eigenvalue weighted by molar-refractivity contribution is 5.68. The lowest BCUT2D eigenvalue weighted by Gasteiger charge is -2.22.